The zero-order valence-corrected chi connectivity index (χ0v) is 10.3. The van der Waals surface area contributed by atoms with Crippen LogP contribution in [0.3, 0.4) is 0 Å². The first-order chi connectivity index (χ1) is 7.54. The van der Waals surface area contributed by atoms with Crippen LogP contribution in [0, 0.1) is 13.8 Å². The number of hydrogen-bond donors (Lipinski definition) is 3. The standard InChI is InChI=1S/C11H20N4O/c1-7(5-11(16)12-4)13-6-10-8(2)14-15-9(10)3/h7,13H,5-6H2,1-4H3,(H,12,16)(H,14,15). The molecular weight excluding hydrogens is 204 g/mol. The van der Waals surface area contributed by atoms with Crippen molar-refractivity contribution in [2.24, 2.45) is 0 Å². The Bertz CT molecular complexity index is 339. The van der Waals surface area contributed by atoms with Crippen molar-refractivity contribution in [3.05, 3.63) is 17.0 Å². The third kappa shape index (κ3) is 3.34. The molecular formula is C11H20N4O. The van der Waals surface area contributed by atoms with E-state index in [1.165, 1.54) is 5.56 Å². The van der Waals surface area contributed by atoms with E-state index in [2.05, 4.69) is 20.8 Å². The predicted molar refractivity (Wildman–Crippen MR) is 63.0 cm³/mol. The Balaban J connectivity index is 2.43. The first-order valence-electron chi connectivity index (χ1n) is 5.49. The van der Waals surface area contributed by atoms with Crippen molar-refractivity contribution in [3.8, 4) is 0 Å². The summed E-state index contributed by atoms with van der Waals surface area (Å²) in [6, 6.07) is 0.161. The van der Waals surface area contributed by atoms with Crippen LogP contribution < -0.4 is 10.6 Å². The van der Waals surface area contributed by atoms with Gasteiger partial charge in [-0.25, -0.2) is 0 Å². The topological polar surface area (TPSA) is 69.8 Å². The summed E-state index contributed by atoms with van der Waals surface area (Å²) < 4.78 is 0. The molecule has 1 heterocycles. The van der Waals surface area contributed by atoms with Crippen molar-refractivity contribution < 1.29 is 4.79 Å². The van der Waals surface area contributed by atoms with E-state index in [0.717, 1.165) is 17.9 Å². The fourth-order valence-electron chi connectivity index (χ4n) is 1.56. The quantitative estimate of drug-likeness (QED) is 0.687. The number of nitrogens with one attached hydrogen (secondary N) is 3. The van der Waals surface area contributed by atoms with Crippen molar-refractivity contribution >= 4 is 5.91 Å². The Morgan fingerprint density at radius 1 is 1.50 bits per heavy atom. The van der Waals surface area contributed by atoms with E-state index in [1.807, 2.05) is 20.8 Å². The van der Waals surface area contributed by atoms with Crippen molar-refractivity contribution in [1.29, 1.82) is 0 Å². The van der Waals surface area contributed by atoms with Crippen LogP contribution in [0.25, 0.3) is 0 Å². The van der Waals surface area contributed by atoms with Gasteiger partial charge in [0.15, 0.2) is 0 Å². The summed E-state index contributed by atoms with van der Waals surface area (Å²) in [5.41, 5.74) is 3.28. The Labute approximate surface area is 96.0 Å². The normalized spacial score (nSPS) is 12.5. The third-order valence-electron chi connectivity index (χ3n) is 2.68. The van der Waals surface area contributed by atoms with E-state index in [1.54, 1.807) is 7.05 Å². The Kier molecular flexibility index (Phi) is 4.49. The summed E-state index contributed by atoms with van der Waals surface area (Å²) in [6.07, 6.45) is 0.493. The summed E-state index contributed by atoms with van der Waals surface area (Å²) in [5.74, 6) is 0.0561. The lowest BCUT2D eigenvalue weighted by molar-refractivity contribution is -0.121. The highest BCUT2D eigenvalue weighted by atomic mass is 16.1. The zero-order chi connectivity index (χ0) is 12.1. The first-order valence-corrected chi connectivity index (χ1v) is 5.49. The van der Waals surface area contributed by atoms with Gasteiger partial charge in [0.05, 0.1) is 5.69 Å². The molecule has 1 rings (SSSR count). The number of aryl methyl sites for hydroxylation is 2. The van der Waals surface area contributed by atoms with Gasteiger partial charge in [0.1, 0.15) is 0 Å². The Morgan fingerprint density at radius 3 is 2.69 bits per heavy atom. The molecule has 1 atom stereocenters. The number of aromatic nitrogens is 2. The molecule has 90 valence electrons. The maximum atomic E-state index is 11.1. The molecule has 0 fully saturated rings. The van der Waals surface area contributed by atoms with E-state index in [-0.39, 0.29) is 11.9 Å². The van der Waals surface area contributed by atoms with Crippen LogP contribution in [0.4, 0.5) is 0 Å². The number of hydrogen-bond acceptors (Lipinski definition) is 3. The van der Waals surface area contributed by atoms with Crippen molar-refractivity contribution in [3.63, 3.8) is 0 Å². The summed E-state index contributed by atoms with van der Waals surface area (Å²) in [5, 5.41) is 13.0. The lowest BCUT2D eigenvalue weighted by Crippen LogP contribution is -2.32. The minimum Gasteiger partial charge on any atom is -0.359 e. The van der Waals surface area contributed by atoms with Crippen LogP contribution in [0.2, 0.25) is 0 Å². The largest absolute Gasteiger partial charge is 0.359 e. The van der Waals surface area contributed by atoms with E-state index >= 15 is 0 Å². The lowest BCUT2D eigenvalue weighted by Gasteiger charge is -2.12. The monoisotopic (exact) mass is 224 g/mol. The zero-order valence-electron chi connectivity index (χ0n) is 10.3. The molecule has 0 spiro atoms. The summed E-state index contributed by atoms with van der Waals surface area (Å²) in [4.78, 5) is 11.1. The van der Waals surface area contributed by atoms with Gasteiger partial charge in [0, 0.05) is 37.3 Å². The second-order valence-corrected chi connectivity index (χ2v) is 4.07. The third-order valence-corrected chi connectivity index (χ3v) is 2.68. The van der Waals surface area contributed by atoms with E-state index in [4.69, 9.17) is 0 Å². The van der Waals surface area contributed by atoms with Gasteiger partial charge >= 0.3 is 0 Å². The van der Waals surface area contributed by atoms with Crippen LogP contribution in [0.5, 0.6) is 0 Å². The molecule has 0 saturated carbocycles. The number of rotatable bonds is 5. The van der Waals surface area contributed by atoms with Crippen LogP contribution in [0.15, 0.2) is 0 Å². The molecule has 0 bridgehead atoms. The van der Waals surface area contributed by atoms with Crippen molar-refractivity contribution in [2.75, 3.05) is 7.05 Å². The van der Waals surface area contributed by atoms with E-state index < -0.39 is 0 Å². The molecule has 1 aromatic heterocycles. The van der Waals surface area contributed by atoms with Crippen LogP contribution in [-0.2, 0) is 11.3 Å². The average Bonchev–Trinajstić information content (AvgIpc) is 2.56. The number of nitrogens with zero attached hydrogens (tertiary/aromatic N) is 1. The SMILES string of the molecule is CNC(=O)CC(C)NCc1c(C)n[nH]c1C. The molecule has 1 unspecified atom stereocenters. The van der Waals surface area contributed by atoms with Gasteiger partial charge in [-0.15, -0.1) is 0 Å². The van der Waals surface area contributed by atoms with Gasteiger partial charge in [-0.2, -0.15) is 5.10 Å². The number of amides is 1. The summed E-state index contributed by atoms with van der Waals surface area (Å²) in [7, 11) is 1.65. The predicted octanol–water partition coefficient (Wildman–Crippen LogP) is 0.641. The molecule has 0 radical (unpaired) electrons. The highest BCUT2D eigenvalue weighted by Crippen LogP contribution is 2.09. The second kappa shape index (κ2) is 5.65. The van der Waals surface area contributed by atoms with E-state index in [0.29, 0.717) is 6.42 Å². The first kappa shape index (κ1) is 12.7. The molecule has 0 aliphatic heterocycles. The molecule has 5 nitrogen and oxygen atoms in total. The Morgan fingerprint density at radius 2 is 2.19 bits per heavy atom. The minimum atomic E-state index is 0.0561. The second-order valence-electron chi connectivity index (χ2n) is 4.07. The molecule has 3 N–H and O–H groups in total. The smallest absolute Gasteiger partial charge is 0.221 e. The molecule has 0 aromatic carbocycles. The number of carbonyl (C=O) groups excluding carboxylic acids is 1. The fourth-order valence-corrected chi connectivity index (χ4v) is 1.56. The lowest BCUT2D eigenvalue weighted by atomic mass is 10.1. The van der Waals surface area contributed by atoms with Gasteiger partial charge in [0.25, 0.3) is 0 Å². The number of carbonyl (C=O) groups is 1. The summed E-state index contributed by atoms with van der Waals surface area (Å²) in [6.45, 7) is 6.72. The molecule has 0 aliphatic carbocycles. The maximum Gasteiger partial charge on any atom is 0.221 e. The number of aromatic amines is 1. The molecule has 1 aromatic rings. The average molecular weight is 224 g/mol. The highest BCUT2D eigenvalue weighted by molar-refractivity contribution is 5.76. The van der Waals surface area contributed by atoms with Gasteiger partial charge < -0.3 is 10.6 Å². The molecule has 5 heteroatoms. The molecule has 0 saturated heterocycles. The van der Waals surface area contributed by atoms with Gasteiger partial charge in [-0.05, 0) is 20.8 Å². The van der Waals surface area contributed by atoms with Crippen LogP contribution in [0.1, 0.15) is 30.3 Å². The molecule has 0 aliphatic rings. The van der Waals surface area contributed by atoms with Gasteiger partial charge in [-0.3, -0.25) is 9.89 Å². The maximum absolute atomic E-state index is 11.1. The van der Waals surface area contributed by atoms with Gasteiger partial charge in [0.2, 0.25) is 5.91 Å². The van der Waals surface area contributed by atoms with Gasteiger partial charge in [-0.1, -0.05) is 0 Å². The molecule has 1 amide bonds. The van der Waals surface area contributed by atoms with Crippen LogP contribution >= 0.6 is 0 Å². The molecule has 16 heavy (non-hydrogen) atoms. The highest BCUT2D eigenvalue weighted by Gasteiger charge is 2.10. The van der Waals surface area contributed by atoms with Crippen molar-refractivity contribution in [1.82, 2.24) is 20.8 Å². The fraction of sp³-hybridized carbons (Fsp3) is 0.636. The van der Waals surface area contributed by atoms with Crippen LogP contribution in [-0.4, -0.2) is 29.2 Å². The number of H-pyrrole nitrogens is 1. The van der Waals surface area contributed by atoms with Crippen molar-refractivity contribution in [2.45, 2.75) is 39.8 Å². The summed E-state index contributed by atoms with van der Waals surface area (Å²) >= 11 is 0. The minimum absolute atomic E-state index is 0.0561. The van der Waals surface area contributed by atoms with E-state index in [9.17, 15) is 4.79 Å². The Hall–Kier alpha value is -1.36.